The van der Waals surface area contributed by atoms with Crippen LogP contribution >= 0.6 is 0 Å². The summed E-state index contributed by atoms with van der Waals surface area (Å²) < 4.78 is 29.6. The first-order valence-corrected chi connectivity index (χ1v) is 9.55. The van der Waals surface area contributed by atoms with Crippen molar-refractivity contribution in [3.05, 3.63) is 46.8 Å². The zero-order valence-electron chi connectivity index (χ0n) is 13.9. The third-order valence-electron chi connectivity index (χ3n) is 4.25. The molecule has 1 aromatic carbocycles. The van der Waals surface area contributed by atoms with E-state index in [1.54, 1.807) is 31.2 Å². The van der Waals surface area contributed by atoms with Crippen LogP contribution in [0.1, 0.15) is 59.6 Å². The molecule has 2 heterocycles. The van der Waals surface area contributed by atoms with Crippen LogP contribution in [-0.4, -0.2) is 25.2 Å². The van der Waals surface area contributed by atoms with Crippen molar-refractivity contribution in [1.82, 2.24) is 10.5 Å². The monoisotopic (exact) mass is 348 g/mol. The van der Waals surface area contributed by atoms with Crippen LogP contribution in [0.25, 0.3) is 0 Å². The molecule has 1 atom stereocenters. The molecular weight excluding hydrogens is 328 g/mol. The van der Waals surface area contributed by atoms with Gasteiger partial charge in [-0.15, -0.1) is 0 Å². The minimum Gasteiger partial charge on any atom is -0.360 e. The van der Waals surface area contributed by atoms with Gasteiger partial charge in [0.25, 0.3) is 5.91 Å². The van der Waals surface area contributed by atoms with E-state index in [-0.39, 0.29) is 23.6 Å². The first-order chi connectivity index (χ1) is 11.3. The van der Waals surface area contributed by atoms with Gasteiger partial charge in [-0.05, 0) is 25.0 Å². The lowest BCUT2D eigenvalue weighted by atomic mass is 10.0. The van der Waals surface area contributed by atoms with E-state index >= 15 is 0 Å². The summed E-state index contributed by atoms with van der Waals surface area (Å²) in [6, 6.07) is 6.48. The predicted molar refractivity (Wildman–Crippen MR) is 88.6 cm³/mol. The predicted octanol–water partition coefficient (Wildman–Crippen LogP) is 2.75. The topological polar surface area (TPSA) is 89.3 Å². The normalized spacial score (nSPS) is 19.1. The van der Waals surface area contributed by atoms with E-state index in [1.165, 1.54) is 0 Å². The lowest BCUT2D eigenvalue weighted by molar-refractivity contribution is 0.0931. The Morgan fingerprint density at radius 3 is 2.75 bits per heavy atom. The maximum Gasteiger partial charge on any atom is 0.257 e. The van der Waals surface area contributed by atoms with Crippen molar-refractivity contribution >= 4 is 15.7 Å². The Labute approximate surface area is 141 Å². The van der Waals surface area contributed by atoms with Crippen LogP contribution in [0.2, 0.25) is 0 Å². The minimum atomic E-state index is -3.28. The van der Waals surface area contributed by atoms with Crippen molar-refractivity contribution in [2.45, 2.75) is 44.0 Å². The van der Waals surface area contributed by atoms with Gasteiger partial charge in [0, 0.05) is 5.92 Å². The number of nitrogens with one attached hydrogen (secondary N) is 1. The Morgan fingerprint density at radius 2 is 2.04 bits per heavy atom. The smallest absolute Gasteiger partial charge is 0.257 e. The summed E-state index contributed by atoms with van der Waals surface area (Å²) in [5.41, 5.74) is 1.61. The molecule has 0 aliphatic carbocycles. The van der Waals surface area contributed by atoms with Gasteiger partial charge in [0.1, 0.15) is 5.56 Å². The number of aryl methyl sites for hydroxylation is 1. The number of fused-ring (bicyclic) bond motifs is 1. The summed E-state index contributed by atoms with van der Waals surface area (Å²) in [4.78, 5) is 13.0. The maximum absolute atomic E-state index is 12.7. The van der Waals surface area contributed by atoms with Crippen molar-refractivity contribution in [2.24, 2.45) is 0 Å². The molecule has 0 fully saturated rings. The molecule has 0 saturated heterocycles. The number of nitrogens with zero attached hydrogens (tertiary/aromatic N) is 1. The third-order valence-corrected chi connectivity index (χ3v) is 6.07. The van der Waals surface area contributed by atoms with Gasteiger partial charge in [0.2, 0.25) is 0 Å². The molecule has 0 saturated carbocycles. The van der Waals surface area contributed by atoms with E-state index in [9.17, 15) is 13.2 Å². The lowest BCUT2D eigenvalue weighted by Crippen LogP contribution is -2.34. The van der Waals surface area contributed by atoms with Gasteiger partial charge in [-0.25, -0.2) is 8.42 Å². The van der Waals surface area contributed by atoms with E-state index in [4.69, 9.17) is 4.52 Å². The molecule has 7 heteroatoms. The average Bonchev–Trinajstić information content (AvgIpc) is 2.92. The largest absolute Gasteiger partial charge is 0.360 e. The van der Waals surface area contributed by atoms with Crippen molar-refractivity contribution in [3.63, 3.8) is 0 Å². The molecule has 128 valence electrons. The first kappa shape index (κ1) is 16.7. The highest BCUT2D eigenvalue weighted by molar-refractivity contribution is 7.91. The number of carbonyl (C=O) groups is 1. The highest BCUT2D eigenvalue weighted by Gasteiger charge is 2.32. The summed E-state index contributed by atoms with van der Waals surface area (Å²) >= 11 is 0. The van der Waals surface area contributed by atoms with E-state index in [2.05, 4.69) is 10.5 Å². The fourth-order valence-electron chi connectivity index (χ4n) is 3.03. The molecule has 2 aromatic rings. The molecule has 24 heavy (non-hydrogen) atoms. The molecule has 0 radical (unpaired) electrons. The summed E-state index contributed by atoms with van der Waals surface area (Å²) in [5, 5.41) is 6.84. The van der Waals surface area contributed by atoms with E-state index in [1.807, 2.05) is 13.8 Å². The molecule has 6 nitrogen and oxygen atoms in total. The Bertz CT molecular complexity index is 884. The van der Waals surface area contributed by atoms with Crippen LogP contribution in [0.4, 0.5) is 0 Å². The summed E-state index contributed by atoms with van der Waals surface area (Å²) in [6.45, 7) is 5.59. The van der Waals surface area contributed by atoms with Gasteiger partial charge < -0.3 is 9.84 Å². The number of benzene rings is 1. The second kappa shape index (κ2) is 6.05. The average molecular weight is 348 g/mol. The number of hydrogen-bond acceptors (Lipinski definition) is 5. The lowest BCUT2D eigenvalue weighted by Gasteiger charge is -2.26. The number of aromatic nitrogens is 1. The van der Waals surface area contributed by atoms with Crippen molar-refractivity contribution < 1.29 is 17.7 Å². The molecular formula is C17H20N2O4S. The van der Waals surface area contributed by atoms with Crippen LogP contribution in [0.5, 0.6) is 0 Å². The molecule has 1 amide bonds. The van der Waals surface area contributed by atoms with Gasteiger partial charge >= 0.3 is 0 Å². The van der Waals surface area contributed by atoms with Crippen LogP contribution in [0.15, 0.2) is 33.7 Å². The maximum atomic E-state index is 12.7. The van der Waals surface area contributed by atoms with E-state index in [0.29, 0.717) is 33.9 Å². The van der Waals surface area contributed by atoms with Crippen molar-refractivity contribution in [1.29, 1.82) is 0 Å². The standard InChI is InChI=1S/C17H20N2O4S/c1-10(2)16-15(11(3)19-23-16)17(20)18-13-8-9-24(21,22)14-7-5-4-6-12(13)14/h4-7,10,13H,8-9H2,1-3H3,(H,18,20)/t13-/m1/s1. The summed E-state index contributed by atoms with van der Waals surface area (Å²) in [7, 11) is -3.28. The Morgan fingerprint density at radius 1 is 1.33 bits per heavy atom. The molecule has 1 aliphatic heterocycles. The summed E-state index contributed by atoms with van der Waals surface area (Å²) in [6.07, 6.45) is 0.354. The Balaban J connectivity index is 1.93. The molecule has 1 aromatic heterocycles. The van der Waals surface area contributed by atoms with Crippen LogP contribution in [0, 0.1) is 6.92 Å². The van der Waals surface area contributed by atoms with Crippen molar-refractivity contribution in [3.8, 4) is 0 Å². The van der Waals surface area contributed by atoms with Gasteiger partial charge in [-0.1, -0.05) is 37.2 Å². The number of sulfone groups is 1. The summed E-state index contributed by atoms with van der Waals surface area (Å²) in [5.74, 6) is 0.318. The van der Waals surface area contributed by atoms with E-state index in [0.717, 1.165) is 0 Å². The molecule has 0 unspecified atom stereocenters. The van der Waals surface area contributed by atoms with Crippen LogP contribution in [0.3, 0.4) is 0 Å². The number of hydrogen-bond donors (Lipinski definition) is 1. The third kappa shape index (κ3) is 2.84. The fourth-order valence-corrected chi connectivity index (χ4v) is 4.65. The zero-order chi connectivity index (χ0) is 17.5. The molecule has 1 aliphatic rings. The quantitative estimate of drug-likeness (QED) is 0.921. The molecule has 3 rings (SSSR count). The van der Waals surface area contributed by atoms with Gasteiger partial charge in [-0.3, -0.25) is 4.79 Å². The van der Waals surface area contributed by atoms with E-state index < -0.39 is 9.84 Å². The number of carbonyl (C=O) groups excluding carboxylic acids is 1. The molecule has 0 bridgehead atoms. The second-order valence-corrected chi connectivity index (χ2v) is 8.41. The van der Waals surface area contributed by atoms with Gasteiger partial charge in [0.15, 0.2) is 15.6 Å². The first-order valence-electron chi connectivity index (χ1n) is 7.90. The Hall–Kier alpha value is -2.15. The zero-order valence-corrected chi connectivity index (χ0v) is 14.7. The highest BCUT2D eigenvalue weighted by Crippen LogP contribution is 2.32. The van der Waals surface area contributed by atoms with Gasteiger partial charge in [0.05, 0.1) is 22.4 Å². The van der Waals surface area contributed by atoms with Crippen LogP contribution < -0.4 is 5.32 Å². The second-order valence-electron chi connectivity index (χ2n) is 6.33. The molecule has 0 spiro atoms. The van der Waals surface area contributed by atoms with Crippen LogP contribution in [-0.2, 0) is 9.84 Å². The fraction of sp³-hybridized carbons (Fsp3) is 0.412. The minimum absolute atomic E-state index is 0.0224. The molecule has 1 N–H and O–H groups in total. The number of rotatable bonds is 3. The number of amides is 1. The highest BCUT2D eigenvalue weighted by atomic mass is 32.2. The Kier molecular flexibility index (Phi) is 4.21. The SMILES string of the molecule is Cc1noc(C(C)C)c1C(=O)N[C@@H]1CCS(=O)(=O)c2ccccc21. The van der Waals surface area contributed by atoms with Gasteiger partial charge in [-0.2, -0.15) is 0 Å². The van der Waals surface area contributed by atoms with Crippen molar-refractivity contribution in [2.75, 3.05) is 5.75 Å².